The summed E-state index contributed by atoms with van der Waals surface area (Å²) in [5.41, 5.74) is -0.899. The summed E-state index contributed by atoms with van der Waals surface area (Å²) in [5, 5.41) is 2.65. The monoisotopic (exact) mass is 297 g/mol. The van der Waals surface area contributed by atoms with Gasteiger partial charge in [0.2, 0.25) is 5.82 Å². The lowest BCUT2D eigenvalue weighted by Gasteiger charge is -2.21. The molecule has 2 nitrogen and oxygen atoms in total. The molecule has 1 aromatic rings. The Bertz CT molecular complexity index is 449. The van der Waals surface area contributed by atoms with E-state index in [0.29, 0.717) is 0 Å². The van der Waals surface area contributed by atoms with Crippen LogP contribution in [-0.2, 0) is 4.74 Å². The van der Waals surface area contributed by atoms with Gasteiger partial charge < -0.3 is 10.1 Å². The number of likely N-dealkylation sites (N-methyl/N-ethyl adjacent to an activating group) is 1. The predicted molar refractivity (Wildman–Crippen MR) is 63.7 cm³/mol. The highest BCUT2D eigenvalue weighted by atomic mass is 19.2. The first kappa shape index (κ1) is 16.8. The fourth-order valence-corrected chi connectivity index (χ4v) is 1.71. The number of benzene rings is 1. The van der Waals surface area contributed by atoms with Gasteiger partial charge in [-0.25, -0.2) is 22.0 Å². The third-order valence-corrected chi connectivity index (χ3v) is 2.64. The van der Waals surface area contributed by atoms with E-state index in [1.165, 1.54) is 0 Å². The van der Waals surface area contributed by atoms with Crippen LogP contribution in [-0.4, -0.2) is 19.3 Å². The Labute approximate surface area is 113 Å². The summed E-state index contributed by atoms with van der Waals surface area (Å²) >= 11 is 0. The molecular weight excluding hydrogens is 281 g/mol. The minimum absolute atomic E-state index is 0.205. The highest BCUT2D eigenvalue weighted by Gasteiger charge is 2.30. The van der Waals surface area contributed by atoms with E-state index >= 15 is 0 Å². The first-order valence-corrected chi connectivity index (χ1v) is 6.17. The molecule has 0 spiro atoms. The van der Waals surface area contributed by atoms with E-state index in [1.807, 2.05) is 0 Å². The highest BCUT2D eigenvalue weighted by molar-refractivity contribution is 5.27. The summed E-state index contributed by atoms with van der Waals surface area (Å²) < 4.78 is 71.9. The van der Waals surface area contributed by atoms with Gasteiger partial charge in [0.25, 0.3) is 0 Å². The minimum atomic E-state index is -2.16. The summed E-state index contributed by atoms with van der Waals surface area (Å²) in [6.07, 6.45) is -0.238. The van der Waals surface area contributed by atoms with Gasteiger partial charge in [0, 0.05) is 5.56 Å². The zero-order valence-electron chi connectivity index (χ0n) is 11.4. The number of nitrogens with one attached hydrogen (secondary N) is 1. The summed E-state index contributed by atoms with van der Waals surface area (Å²) in [6.45, 7) is 5.12. The van der Waals surface area contributed by atoms with Crippen LogP contribution in [0.15, 0.2) is 0 Å². The van der Waals surface area contributed by atoms with Gasteiger partial charge in [-0.2, -0.15) is 0 Å². The average Bonchev–Trinajstić information content (AvgIpc) is 2.40. The lowest BCUT2D eigenvalue weighted by atomic mass is 10.0. The van der Waals surface area contributed by atoms with Crippen LogP contribution in [0.25, 0.3) is 0 Å². The summed E-state index contributed by atoms with van der Waals surface area (Å²) in [5.74, 6) is -9.74. The minimum Gasteiger partial charge on any atom is -0.377 e. The third kappa shape index (κ3) is 3.46. The van der Waals surface area contributed by atoms with Crippen LogP contribution < -0.4 is 5.32 Å². The molecule has 1 rings (SSSR count). The summed E-state index contributed by atoms with van der Waals surface area (Å²) in [6, 6.07) is -1.12. The van der Waals surface area contributed by atoms with Gasteiger partial charge in [-0.05, 0) is 20.4 Å². The van der Waals surface area contributed by atoms with Gasteiger partial charge in [-0.3, -0.25) is 0 Å². The van der Waals surface area contributed by atoms with Gasteiger partial charge >= 0.3 is 0 Å². The van der Waals surface area contributed by atoms with Gasteiger partial charge in [-0.1, -0.05) is 6.92 Å². The van der Waals surface area contributed by atoms with E-state index in [1.54, 1.807) is 20.8 Å². The van der Waals surface area contributed by atoms with Crippen molar-refractivity contribution in [2.45, 2.75) is 32.9 Å². The molecule has 1 N–H and O–H groups in total. The van der Waals surface area contributed by atoms with Crippen molar-refractivity contribution in [3.05, 3.63) is 34.6 Å². The van der Waals surface area contributed by atoms with Crippen molar-refractivity contribution in [3.63, 3.8) is 0 Å². The molecule has 0 aromatic heterocycles. The Hall–Kier alpha value is -1.21. The van der Waals surface area contributed by atoms with Crippen molar-refractivity contribution in [2.24, 2.45) is 0 Å². The maximum Gasteiger partial charge on any atom is 0.200 e. The quantitative estimate of drug-likeness (QED) is 0.493. The Morgan fingerprint density at radius 3 is 1.75 bits per heavy atom. The molecule has 0 radical (unpaired) electrons. The molecule has 0 fully saturated rings. The first-order chi connectivity index (χ1) is 9.31. The zero-order chi connectivity index (χ0) is 15.4. The van der Waals surface area contributed by atoms with Crippen molar-refractivity contribution in [1.82, 2.24) is 5.32 Å². The van der Waals surface area contributed by atoms with Gasteiger partial charge in [0.15, 0.2) is 23.3 Å². The second-order valence-electron chi connectivity index (χ2n) is 4.48. The Morgan fingerprint density at radius 1 is 0.900 bits per heavy atom. The van der Waals surface area contributed by atoms with Crippen LogP contribution in [0.3, 0.4) is 0 Å². The van der Waals surface area contributed by atoms with Crippen LogP contribution in [0.5, 0.6) is 0 Å². The number of rotatable bonds is 6. The second kappa shape index (κ2) is 6.99. The Kier molecular flexibility index (Phi) is 5.88. The van der Waals surface area contributed by atoms with E-state index in [9.17, 15) is 22.0 Å². The number of ether oxygens (including phenoxy) is 1. The van der Waals surface area contributed by atoms with E-state index in [4.69, 9.17) is 4.74 Å². The fourth-order valence-electron chi connectivity index (χ4n) is 1.71. The normalized spacial score (nSPS) is 13.1. The molecule has 0 saturated carbocycles. The van der Waals surface area contributed by atoms with Gasteiger partial charge in [0.05, 0.1) is 18.8 Å². The maximum absolute atomic E-state index is 13.7. The molecule has 20 heavy (non-hydrogen) atoms. The van der Waals surface area contributed by atoms with Gasteiger partial charge in [-0.15, -0.1) is 0 Å². The molecule has 7 heteroatoms. The SMILES string of the molecule is CCNC(COC(C)C)c1c(F)c(F)c(F)c(F)c1F. The number of hydrogen-bond acceptors (Lipinski definition) is 2. The molecule has 0 saturated heterocycles. The van der Waals surface area contributed by atoms with Gasteiger partial charge in [0.1, 0.15) is 0 Å². The zero-order valence-corrected chi connectivity index (χ0v) is 11.4. The average molecular weight is 297 g/mol. The molecule has 1 atom stereocenters. The third-order valence-electron chi connectivity index (χ3n) is 2.64. The topological polar surface area (TPSA) is 21.3 Å². The van der Waals surface area contributed by atoms with Crippen molar-refractivity contribution >= 4 is 0 Å². The summed E-state index contributed by atoms with van der Waals surface area (Å²) in [4.78, 5) is 0. The van der Waals surface area contributed by atoms with Crippen LogP contribution >= 0.6 is 0 Å². The Balaban J connectivity index is 3.25. The van der Waals surface area contributed by atoms with Crippen molar-refractivity contribution in [2.75, 3.05) is 13.2 Å². The van der Waals surface area contributed by atoms with Crippen LogP contribution in [0, 0.1) is 29.1 Å². The molecule has 0 aliphatic rings. The standard InChI is InChI=1S/C13H16F5NO/c1-4-19-7(5-20-6(2)3)8-9(14)11(16)13(18)12(17)10(8)15/h6-7,19H,4-5H2,1-3H3. The van der Waals surface area contributed by atoms with E-state index in [-0.39, 0.29) is 19.3 Å². The number of halogens is 5. The molecule has 0 aliphatic carbocycles. The molecule has 1 unspecified atom stereocenters. The van der Waals surface area contributed by atoms with Crippen LogP contribution in [0.2, 0.25) is 0 Å². The number of hydrogen-bond donors (Lipinski definition) is 1. The van der Waals surface area contributed by atoms with Crippen molar-refractivity contribution in [1.29, 1.82) is 0 Å². The smallest absolute Gasteiger partial charge is 0.200 e. The lowest BCUT2D eigenvalue weighted by molar-refractivity contribution is 0.0595. The molecule has 0 bridgehead atoms. The van der Waals surface area contributed by atoms with Crippen molar-refractivity contribution < 1.29 is 26.7 Å². The fraction of sp³-hybridized carbons (Fsp3) is 0.538. The van der Waals surface area contributed by atoms with Crippen LogP contribution in [0.4, 0.5) is 22.0 Å². The molecule has 0 heterocycles. The first-order valence-electron chi connectivity index (χ1n) is 6.17. The van der Waals surface area contributed by atoms with E-state index < -0.39 is 40.7 Å². The second-order valence-corrected chi connectivity index (χ2v) is 4.48. The lowest BCUT2D eigenvalue weighted by Crippen LogP contribution is -2.29. The highest BCUT2D eigenvalue weighted by Crippen LogP contribution is 2.28. The largest absolute Gasteiger partial charge is 0.377 e. The molecule has 1 aromatic carbocycles. The maximum atomic E-state index is 13.7. The molecule has 114 valence electrons. The molecule has 0 aliphatic heterocycles. The predicted octanol–water partition coefficient (Wildman–Crippen LogP) is 3.46. The van der Waals surface area contributed by atoms with E-state index in [2.05, 4.69) is 5.32 Å². The van der Waals surface area contributed by atoms with Crippen LogP contribution in [0.1, 0.15) is 32.4 Å². The van der Waals surface area contributed by atoms with Crippen molar-refractivity contribution in [3.8, 4) is 0 Å². The molecular formula is C13H16F5NO. The molecule has 0 amide bonds. The Morgan fingerprint density at radius 2 is 1.35 bits per heavy atom. The van der Waals surface area contributed by atoms with E-state index in [0.717, 1.165) is 0 Å². The summed E-state index contributed by atoms with van der Waals surface area (Å²) in [7, 11) is 0.